The molecule has 3 atom stereocenters. The summed E-state index contributed by atoms with van der Waals surface area (Å²) in [6, 6.07) is 2.25. The molecule has 0 saturated carbocycles. The monoisotopic (exact) mass is 320 g/mol. The van der Waals surface area contributed by atoms with Crippen molar-refractivity contribution < 1.29 is 14.3 Å². The lowest BCUT2D eigenvalue weighted by atomic mass is 10.00. The van der Waals surface area contributed by atoms with Crippen LogP contribution in [0.25, 0.3) is 0 Å². The minimum Gasteiger partial charge on any atom is -0.379 e. The van der Waals surface area contributed by atoms with Gasteiger partial charge in [0.15, 0.2) is 0 Å². The van der Waals surface area contributed by atoms with E-state index in [-0.39, 0.29) is 24.1 Å². The Hall–Kier alpha value is -1.44. The smallest absolute Gasteiger partial charge is 0.272 e. The molecule has 0 aromatic carbocycles. The van der Waals surface area contributed by atoms with Crippen molar-refractivity contribution in [2.75, 3.05) is 39.5 Å². The van der Waals surface area contributed by atoms with E-state index in [1.165, 1.54) is 0 Å². The molecule has 4 rings (SSSR count). The second-order valence-corrected chi connectivity index (χ2v) is 6.56. The Morgan fingerprint density at radius 2 is 2.09 bits per heavy atom. The van der Waals surface area contributed by atoms with Gasteiger partial charge in [-0.1, -0.05) is 0 Å². The molecule has 4 heterocycles. The van der Waals surface area contributed by atoms with Crippen LogP contribution in [0.15, 0.2) is 12.3 Å². The molecule has 7 nitrogen and oxygen atoms in total. The third kappa shape index (κ3) is 2.66. The van der Waals surface area contributed by atoms with Crippen molar-refractivity contribution in [3.8, 4) is 0 Å². The average molecular weight is 320 g/mol. The van der Waals surface area contributed by atoms with Gasteiger partial charge in [-0.3, -0.25) is 14.4 Å². The van der Waals surface area contributed by atoms with Gasteiger partial charge >= 0.3 is 0 Å². The zero-order valence-corrected chi connectivity index (χ0v) is 13.6. The fourth-order valence-corrected chi connectivity index (χ4v) is 4.13. The maximum Gasteiger partial charge on any atom is 0.272 e. The van der Waals surface area contributed by atoms with Crippen molar-refractivity contribution in [3.05, 3.63) is 18.0 Å². The molecular formula is C16H24N4O3. The van der Waals surface area contributed by atoms with Crippen LogP contribution >= 0.6 is 0 Å². The zero-order chi connectivity index (χ0) is 15.8. The second-order valence-electron chi connectivity index (χ2n) is 6.56. The van der Waals surface area contributed by atoms with Crippen LogP contribution in [0.2, 0.25) is 0 Å². The number of hydrogen-bond donors (Lipinski definition) is 0. The lowest BCUT2D eigenvalue weighted by molar-refractivity contribution is -0.0579. The molecule has 1 aromatic rings. The number of carbonyl (C=O) groups is 1. The quantitative estimate of drug-likeness (QED) is 0.775. The van der Waals surface area contributed by atoms with Gasteiger partial charge in [0.2, 0.25) is 0 Å². The van der Waals surface area contributed by atoms with E-state index in [0.717, 1.165) is 52.3 Å². The maximum absolute atomic E-state index is 13.0. The van der Waals surface area contributed by atoms with Crippen molar-refractivity contribution in [1.29, 1.82) is 0 Å². The molecule has 1 amide bonds. The number of aryl methyl sites for hydroxylation is 1. The topological polar surface area (TPSA) is 59.8 Å². The molecule has 3 fully saturated rings. The third-order valence-electron chi connectivity index (χ3n) is 5.31. The number of amides is 1. The normalized spacial score (nSPS) is 32.0. The standard InChI is InChI=1S/C16H24N4O3/c1-18-13(4-5-17-18)16(21)20-11-14(19-6-9-22-10-7-19)15-12(20)3-2-8-23-15/h4-5,12,14-15H,2-3,6-11H2,1H3/t12-,14-,15+/m0/s1. The van der Waals surface area contributed by atoms with Gasteiger partial charge < -0.3 is 14.4 Å². The number of carbonyl (C=O) groups excluding carboxylic acids is 1. The first-order chi connectivity index (χ1) is 11.3. The Labute approximate surface area is 136 Å². The van der Waals surface area contributed by atoms with E-state index < -0.39 is 0 Å². The fourth-order valence-electron chi connectivity index (χ4n) is 4.13. The van der Waals surface area contributed by atoms with Crippen LogP contribution < -0.4 is 0 Å². The number of nitrogens with zero attached hydrogens (tertiary/aromatic N) is 4. The highest BCUT2D eigenvalue weighted by Crippen LogP contribution is 2.33. The number of ether oxygens (including phenoxy) is 2. The molecule has 3 aliphatic rings. The van der Waals surface area contributed by atoms with Gasteiger partial charge in [-0.15, -0.1) is 0 Å². The fraction of sp³-hybridized carbons (Fsp3) is 0.750. The van der Waals surface area contributed by atoms with Gasteiger partial charge in [0.25, 0.3) is 5.91 Å². The predicted octanol–water partition coefficient (Wildman–Crippen LogP) is 0.124. The van der Waals surface area contributed by atoms with Crippen LogP contribution in [0.5, 0.6) is 0 Å². The molecule has 3 saturated heterocycles. The van der Waals surface area contributed by atoms with Gasteiger partial charge in [0, 0.05) is 39.5 Å². The summed E-state index contributed by atoms with van der Waals surface area (Å²) >= 11 is 0. The Morgan fingerprint density at radius 3 is 2.83 bits per heavy atom. The first kappa shape index (κ1) is 15.1. The van der Waals surface area contributed by atoms with Crippen molar-refractivity contribution in [1.82, 2.24) is 19.6 Å². The SMILES string of the molecule is Cn1nccc1C(=O)N1C[C@H](N2CCOCC2)[C@@H]2OCCC[C@@H]21. The summed E-state index contributed by atoms with van der Waals surface area (Å²) in [6.07, 6.45) is 3.85. The van der Waals surface area contributed by atoms with Crippen LogP contribution in [0.4, 0.5) is 0 Å². The number of fused-ring (bicyclic) bond motifs is 1. The van der Waals surface area contributed by atoms with Crippen LogP contribution in [-0.4, -0.2) is 83.1 Å². The third-order valence-corrected chi connectivity index (χ3v) is 5.31. The van der Waals surface area contributed by atoms with Gasteiger partial charge in [0.1, 0.15) is 5.69 Å². The lowest BCUT2D eigenvalue weighted by Gasteiger charge is -2.37. The molecule has 23 heavy (non-hydrogen) atoms. The lowest BCUT2D eigenvalue weighted by Crippen LogP contribution is -2.51. The van der Waals surface area contributed by atoms with Crippen LogP contribution in [0.1, 0.15) is 23.3 Å². The van der Waals surface area contributed by atoms with Gasteiger partial charge in [-0.05, 0) is 18.9 Å². The molecule has 0 radical (unpaired) electrons. The second kappa shape index (κ2) is 6.22. The number of likely N-dealkylation sites (tertiary alicyclic amines) is 1. The van der Waals surface area contributed by atoms with Gasteiger partial charge in [-0.25, -0.2) is 0 Å². The summed E-state index contributed by atoms with van der Waals surface area (Å²) < 4.78 is 13.2. The van der Waals surface area contributed by atoms with Crippen molar-refractivity contribution >= 4 is 5.91 Å². The van der Waals surface area contributed by atoms with Gasteiger partial charge in [0.05, 0.1) is 31.4 Å². The molecule has 0 bridgehead atoms. The van der Waals surface area contributed by atoms with E-state index in [9.17, 15) is 4.79 Å². The summed E-state index contributed by atoms with van der Waals surface area (Å²) in [4.78, 5) is 17.4. The number of hydrogen-bond acceptors (Lipinski definition) is 5. The van der Waals surface area contributed by atoms with Crippen LogP contribution in [0, 0.1) is 0 Å². The Bertz CT molecular complexity index is 569. The van der Waals surface area contributed by atoms with Gasteiger partial charge in [-0.2, -0.15) is 5.10 Å². The zero-order valence-electron chi connectivity index (χ0n) is 13.6. The first-order valence-corrected chi connectivity index (χ1v) is 8.48. The van der Waals surface area contributed by atoms with Crippen LogP contribution in [-0.2, 0) is 16.5 Å². The van der Waals surface area contributed by atoms with E-state index in [4.69, 9.17) is 9.47 Å². The summed E-state index contributed by atoms with van der Waals surface area (Å²) in [7, 11) is 1.82. The van der Waals surface area contributed by atoms with Crippen molar-refractivity contribution in [2.24, 2.45) is 7.05 Å². The highest BCUT2D eigenvalue weighted by molar-refractivity contribution is 5.93. The van der Waals surface area contributed by atoms with Crippen LogP contribution in [0.3, 0.4) is 0 Å². The highest BCUT2D eigenvalue weighted by atomic mass is 16.5. The molecule has 0 unspecified atom stereocenters. The van der Waals surface area contributed by atoms with Crippen molar-refractivity contribution in [3.63, 3.8) is 0 Å². The van der Waals surface area contributed by atoms with E-state index in [1.807, 2.05) is 11.9 Å². The molecule has 0 aliphatic carbocycles. The summed E-state index contributed by atoms with van der Waals surface area (Å²) in [5, 5.41) is 4.13. The molecular weight excluding hydrogens is 296 g/mol. The molecule has 1 aromatic heterocycles. The van der Waals surface area contributed by atoms with Crippen molar-refractivity contribution in [2.45, 2.75) is 31.0 Å². The Balaban J connectivity index is 1.57. The van der Waals surface area contributed by atoms with E-state index >= 15 is 0 Å². The Morgan fingerprint density at radius 1 is 1.26 bits per heavy atom. The molecule has 0 N–H and O–H groups in total. The largest absolute Gasteiger partial charge is 0.379 e. The number of aromatic nitrogens is 2. The predicted molar refractivity (Wildman–Crippen MR) is 83.2 cm³/mol. The Kier molecular flexibility index (Phi) is 4.09. The van der Waals surface area contributed by atoms with E-state index in [1.54, 1.807) is 16.9 Å². The summed E-state index contributed by atoms with van der Waals surface area (Å²) in [6.45, 7) is 4.91. The minimum atomic E-state index is 0.0706. The average Bonchev–Trinajstić information content (AvgIpc) is 3.19. The molecule has 126 valence electrons. The summed E-state index contributed by atoms with van der Waals surface area (Å²) in [5.41, 5.74) is 0.650. The molecule has 3 aliphatic heterocycles. The number of morpholine rings is 1. The summed E-state index contributed by atoms with van der Waals surface area (Å²) in [5.74, 6) is 0.0706. The van der Waals surface area contributed by atoms with E-state index in [0.29, 0.717) is 5.69 Å². The number of rotatable bonds is 2. The maximum atomic E-state index is 13.0. The first-order valence-electron chi connectivity index (χ1n) is 8.48. The molecule has 0 spiro atoms. The van der Waals surface area contributed by atoms with E-state index in [2.05, 4.69) is 10.00 Å². The minimum absolute atomic E-state index is 0.0706. The highest BCUT2D eigenvalue weighted by Gasteiger charge is 2.48. The molecule has 7 heteroatoms.